The van der Waals surface area contributed by atoms with E-state index in [9.17, 15) is 4.79 Å². The highest BCUT2D eigenvalue weighted by atomic mass is 35.5. The van der Waals surface area contributed by atoms with E-state index in [4.69, 9.17) is 16.3 Å². The van der Waals surface area contributed by atoms with Gasteiger partial charge in [-0.1, -0.05) is 66.2 Å². The predicted octanol–water partition coefficient (Wildman–Crippen LogP) is 5.41. The highest BCUT2D eigenvalue weighted by Gasteiger charge is 2.15. The molecule has 132 valence electrons. The van der Waals surface area contributed by atoms with Crippen LogP contribution in [0.1, 0.15) is 34.5 Å². The molecule has 0 aromatic heterocycles. The van der Waals surface area contributed by atoms with E-state index in [1.165, 1.54) is 0 Å². The zero-order valence-electron chi connectivity index (χ0n) is 14.5. The summed E-state index contributed by atoms with van der Waals surface area (Å²) in [5.74, 6) is 0.397. The van der Waals surface area contributed by atoms with Crippen molar-refractivity contribution in [3.8, 4) is 5.75 Å². The third-order valence-electron chi connectivity index (χ3n) is 4.09. The van der Waals surface area contributed by atoms with Crippen LogP contribution in [0.5, 0.6) is 5.75 Å². The number of hydrogen-bond acceptors (Lipinski definition) is 2. The van der Waals surface area contributed by atoms with Crippen LogP contribution in [0, 0.1) is 0 Å². The molecule has 4 heteroatoms. The summed E-state index contributed by atoms with van der Waals surface area (Å²) in [5.41, 5.74) is 2.56. The second-order valence-electron chi connectivity index (χ2n) is 6.02. The molecule has 26 heavy (non-hydrogen) atoms. The molecule has 0 radical (unpaired) electrons. The summed E-state index contributed by atoms with van der Waals surface area (Å²) >= 11 is 5.90. The smallest absolute Gasteiger partial charge is 0.255 e. The van der Waals surface area contributed by atoms with Gasteiger partial charge in [0.1, 0.15) is 12.4 Å². The van der Waals surface area contributed by atoms with Gasteiger partial charge in [-0.2, -0.15) is 0 Å². The molecule has 0 spiro atoms. The van der Waals surface area contributed by atoms with Gasteiger partial charge in [0.15, 0.2) is 0 Å². The monoisotopic (exact) mass is 365 g/mol. The number of ether oxygens (including phenoxy) is 1. The molecule has 0 aliphatic carbocycles. The standard InChI is InChI=1S/C22H20ClNO2/c1-16(18-7-3-2-4-8-18)24-22(25)20-9-5-6-10-21(20)26-15-17-11-13-19(23)14-12-17/h2-14,16H,15H2,1H3,(H,24,25)/t16-/m0/s1. The van der Waals surface area contributed by atoms with E-state index in [1.54, 1.807) is 12.1 Å². The molecule has 3 rings (SSSR count). The molecule has 0 saturated carbocycles. The van der Waals surface area contributed by atoms with Crippen molar-refractivity contribution in [2.24, 2.45) is 0 Å². The van der Waals surface area contributed by atoms with E-state index in [2.05, 4.69) is 5.32 Å². The van der Waals surface area contributed by atoms with Crippen molar-refractivity contribution in [1.82, 2.24) is 5.32 Å². The first-order chi connectivity index (χ1) is 12.6. The Hall–Kier alpha value is -2.78. The fourth-order valence-electron chi connectivity index (χ4n) is 2.62. The Labute approximate surface area is 158 Å². The van der Waals surface area contributed by atoms with Crippen LogP contribution in [-0.2, 0) is 6.61 Å². The highest BCUT2D eigenvalue weighted by Crippen LogP contribution is 2.21. The highest BCUT2D eigenvalue weighted by molar-refractivity contribution is 6.30. The van der Waals surface area contributed by atoms with Crippen LogP contribution >= 0.6 is 11.6 Å². The van der Waals surface area contributed by atoms with Gasteiger partial charge in [-0.3, -0.25) is 4.79 Å². The van der Waals surface area contributed by atoms with Crippen LogP contribution in [0.4, 0.5) is 0 Å². The van der Waals surface area contributed by atoms with Crippen LogP contribution in [-0.4, -0.2) is 5.91 Å². The Bertz CT molecular complexity index is 863. The Balaban J connectivity index is 1.69. The van der Waals surface area contributed by atoms with E-state index < -0.39 is 0 Å². The Kier molecular flexibility index (Phi) is 5.92. The third-order valence-corrected chi connectivity index (χ3v) is 4.34. The number of hydrogen-bond donors (Lipinski definition) is 1. The molecule has 1 amide bonds. The van der Waals surface area contributed by atoms with Crippen LogP contribution < -0.4 is 10.1 Å². The fourth-order valence-corrected chi connectivity index (χ4v) is 2.75. The largest absolute Gasteiger partial charge is 0.488 e. The minimum absolute atomic E-state index is 0.0898. The quantitative estimate of drug-likeness (QED) is 0.634. The average molecular weight is 366 g/mol. The van der Waals surface area contributed by atoms with Crippen molar-refractivity contribution in [2.75, 3.05) is 0 Å². The Morgan fingerprint density at radius 2 is 1.62 bits per heavy atom. The maximum absolute atomic E-state index is 12.7. The lowest BCUT2D eigenvalue weighted by Crippen LogP contribution is -2.27. The number of nitrogens with one attached hydrogen (secondary N) is 1. The molecule has 0 heterocycles. The maximum Gasteiger partial charge on any atom is 0.255 e. The van der Waals surface area contributed by atoms with Gasteiger partial charge in [0, 0.05) is 5.02 Å². The van der Waals surface area contributed by atoms with Crippen molar-refractivity contribution in [3.05, 3.63) is 101 Å². The first-order valence-electron chi connectivity index (χ1n) is 8.45. The molecule has 0 unspecified atom stereocenters. The van der Waals surface area contributed by atoms with Gasteiger partial charge in [-0.15, -0.1) is 0 Å². The van der Waals surface area contributed by atoms with Gasteiger partial charge in [0.25, 0.3) is 5.91 Å². The normalized spacial score (nSPS) is 11.6. The Morgan fingerprint density at radius 3 is 2.35 bits per heavy atom. The molecule has 3 nitrogen and oxygen atoms in total. The molecular weight excluding hydrogens is 346 g/mol. The van der Waals surface area contributed by atoms with Crippen molar-refractivity contribution < 1.29 is 9.53 Å². The topological polar surface area (TPSA) is 38.3 Å². The summed E-state index contributed by atoms with van der Waals surface area (Å²) in [6.07, 6.45) is 0. The molecule has 3 aromatic carbocycles. The molecular formula is C22H20ClNO2. The number of carbonyl (C=O) groups is 1. The summed E-state index contributed by atoms with van der Waals surface area (Å²) in [7, 11) is 0. The minimum atomic E-state index is -0.159. The number of para-hydroxylation sites is 1. The van der Waals surface area contributed by atoms with Gasteiger partial charge in [0.2, 0.25) is 0 Å². The molecule has 0 saturated heterocycles. The minimum Gasteiger partial charge on any atom is -0.488 e. The molecule has 0 aliphatic heterocycles. The van der Waals surface area contributed by atoms with Crippen LogP contribution in [0.15, 0.2) is 78.9 Å². The maximum atomic E-state index is 12.7. The van der Waals surface area contributed by atoms with Gasteiger partial charge in [0.05, 0.1) is 11.6 Å². The zero-order chi connectivity index (χ0) is 18.4. The van der Waals surface area contributed by atoms with E-state index in [0.717, 1.165) is 11.1 Å². The van der Waals surface area contributed by atoms with E-state index >= 15 is 0 Å². The van der Waals surface area contributed by atoms with Gasteiger partial charge < -0.3 is 10.1 Å². The predicted molar refractivity (Wildman–Crippen MR) is 105 cm³/mol. The van der Waals surface area contributed by atoms with Crippen molar-refractivity contribution in [3.63, 3.8) is 0 Å². The van der Waals surface area contributed by atoms with Gasteiger partial charge in [-0.25, -0.2) is 0 Å². The van der Waals surface area contributed by atoms with Crippen molar-refractivity contribution >= 4 is 17.5 Å². The summed E-state index contributed by atoms with van der Waals surface area (Å²) in [4.78, 5) is 12.7. The second kappa shape index (κ2) is 8.54. The molecule has 0 fully saturated rings. The molecule has 0 bridgehead atoms. The van der Waals surface area contributed by atoms with Crippen molar-refractivity contribution in [2.45, 2.75) is 19.6 Å². The van der Waals surface area contributed by atoms with Crippen molar-refractivity contribution in [1.29, 1.82) is 0 Å². The van der Waals surface area contributed by atoms with Crippen LogP contribution in [0.3, 0.4) is 0 Å². The zero-order valence-corrected chi connectivity index (χ0v) is 15.2. The lowest BCUT2D eigenvalue weighted by atomic mass is 10.1. The number of carbonyl (C=O) groups excluding carboxylic acids is 1. The summed E-state index contributed by atoms with van der Waals surface area (Å²) < 4.78 is 5.87. The molecule has 3 aromatic rings. The second-order valence-corrected chi connectivity index (χ2v) is 6.45. The van der Waals surface area contributed by atoms with E-state index in [0.29, 0.717) is 22.9 Å². The Morgan fingerprint density at radius 1 is 0.962 bits per heavy atom. The lowest BCUT2D eigenvalue weighted by Gasteiger charge is -2.16. The first kappa shape index (κ1) is 18.0. The SMILES string of the molecule is C[C@H](NC(=O)c1ccccc1OCc1ccc(Cl)cc1)c1ccccc1. The number of rotatable bonds is 6. The molecule has 1 N–H and O–H groups in total. The van der Waals surface area contributed by atoms with E-state index in [-0.39, 0.29) is 11.9 Å². The summed E-state index contributed by atoms with van der Waals surface area (Å²) in [5, 5.41) is 3.71. The van der Waals surface area contributed by atoms with Gasteiger partial charge in [-0.05, 0) is 42.3 Å². The van der Waals surface area contributed by atoms with Crippen LogP contribution in [0.2, 0.25) is 5.02 Å². The van der Waals surface area contributed by atoms with Crippen LogP contribution in [0.25, 0.3) is 0 Å². The number of halogens is 1. The number of amides is 1. The fraction of sp³-hybridized carbons (Fsp3) is 0.136. The summed E-state index contributed by atoms with van der Waals surface area (Å²) in [6, 6.07) is 24.5. The first-order valence-corrected chi connectivity index (χ1v) is 8.83. The molecule has 1 atom stereocenters. The average Bonchev–Trinajstić information content (AvgIpc) is 2.68. The third kappa shape index (κ3) is 4.64. The van der Waals surface area contributed by atoms with Gasteiger partial charge >= 0.3 is 0 Å². The van der Waals surface area contributed by atoms with E-state index in [1.807, 2.05) is 73.7 Å². The lowest BCUT2D eigenvalue weighted by molar-refractivity contribution is 0.0935. The number of benzene rings is 3. The summed E-state index contributed by atoms with van der Waals surface area (Å²) in [6.45, 7) is 2.33. The molecule has 0 aliphatic rings.